The molecule has 0 unspecified atom stereocenters. The van der Waals surface area contributed by atoms with Gasteiger partial charge >= 0.3 is 6.09 Å². The van der Waals surface area contributed by atoms with E-state index in [4.69, 9.17) is 4.74 Å². The van der Waals surface area contributed by atoms with Crippen LogP contribution >= 0.6 is 0 Å². The molecule has 1 amide bonds. The number of anilines is 1. The van der Waals surface area contributed by atoms with E-state index >= 15 is 0 Å². The number of halogens is 1. The van der Waals surface area contributed by atoms with Gasteiger partial charge in [-0.2, -0.15) is 0 Å². The van der Waals surface area contributed by atoms with E-state index in [1.54, 1.807) is 24.4 Å². The Morgan fingerprint density at radius 3 is 2.41 bits per heavy atom. The highest BCUT2D eigenvalue weighted by Gasteiger charge is 2.33. The molecule has 1 aliphatic rings. The average molecular weight is 300 g/mol. The van der Waals surface area contributed by atoms with Gasteiger partial charge in [-0.25, -0.2) is 14.2 Å². The normalized spacial score (nSPS) is 17.2. The quantitative estimate of drug-likeness (QED) is 0.841. The van der Waals surface area contributed by atoms with E-state index in [0.29, 0.717) is 12.4 Å². The zero-order chi connectivity index (χ0) is 15.7. The summed E-state index contributed by atoms with van der Waals surface area (Å²) in [4.78, 5) is 17.9. The summed E-state index contributed by atoms with van der Waals surface area (Å²) in [6.45, 7) is 4.37. The van der Waals surface area contributed by atoms with Gasteiger partial charge in [0, 0.05) is 24.7 Å². The molecule has 0 atom stereocenters. The number of hydrogen-bond donors (Lipinski definition) is 0. The number of aromatic nitrogens is 1. The van der Waals surface area contributed by atoms with Crippen molar-refractivity contribution in [3.8, 4) is 11.1 Å². The third kappa shape index (κ3) is 2.93. The minimum absolute atomic E-state index is 0.271. The Hall–Kier alpha value is -2.43. The minimum Gasteiger partial charge on any atom is -0.443 e. The summed E-state index contributed by atoms with van der Waals surface area (Å²) in [5.74, 6) is 0.290. The van der Waals surface area contributed by atoms with Crippen molar-refractivity contribution in [3.05, 3.63) is 48.4 Å². The fourth-order valence-corrected chi connectivity index (χ4v) is 2.38. The van der Waals surface area contributed by atoms with Crippen LogP contribution in [-0.4, -0.2) is 23.2 Å². The van der Waals surface area contributed by atoms with Crippen molar-refractivity contribution in [1.82, 2.24) is 4.98 Å². The summed E-state index contributed by atoms with van der Waals surface area (Å²) in [6, 6.07) is 9.86. The molecule has 0 saturated carbocycles. The third-order valence-corrected chi connectivity index (χ3v) is 3.72. The molecule has 0 bridgehead atoms. The van der Waals surface area contributed by atoms with Gasteiger partial charge in [-0.15, -0.1) is 0 Å². The van der Waals surface area contributed by atoms with Crippen molar-refractivity contribution in [2.45, 2.75) is 25.9 Å². The largest absolute Gasteiger partial charge is 0.443 e. The van der Waals surface area contributed by atoms with Gasteiger partial charge in [-0.05, 0) is 43.7 Å². The first-order valence-corrected chi connectivity index (χ1v) is 7.17. The van der Waals surface area contributed by atoms with Crippen molar-refractivity contribution in [2.75, 3.05) is 11.4 Å². The molecule has 2 aromatic rings. The van der Waals surface area contributed by atoms with Crippen LogP contribution in [0.2, 0.25) is 0 Å². The van der Waals surface area contributed by atoms with Crippen molar-refractivity contribution in [2.24, 2.45) is 0 Å². The molecule has 0 aliphatic carbocycles. The molecule has 0 radical (unpaired) electrons. The van der Waals surface area contributed by atoms with Crippen LogP contribution in [0.1, 0.15) is 20.3 Å². The zero-order valence-electron chi connectivity index (χ0n) is 12.5. The van der Waals surface area contributed by atoms with E-state index in [2.05, 4.69) is 4.98 Å². The monoisotopic (exact) mass is 300 g/mol. The summed E-state index contributed by atoms with van der Waals surface area (Å²) in [6.07, 6.45) is 2.05. The molecule has 5 heteroatoms. The Morgan fingerprint density at radius 2 is 1.82 bits per heavy atom. The predicted molar refractivity (Wildman–Crippen MR) is 82.2 cm³/mol. The van der Waals surface area contributed by atoms with Crippen LogP contribution in [0.15, 0.2) is 42.6 Å². The molecule has 1 saturated heterocycles. The summed E-state index contributed by atoms with van der Waals surface area (Å²) in [5.41, 5.74) is 1.32. The smallest absolute Gasteiger partial charge is 0.416 e. The highest BCUT2D eigenvalue weighted by molar-refractivity contribution is 5.87. The van der Waals surface area contributed by atoms with Gasteiger partial charge in [-0.1, -0.05) is 12.1 Å². The maximum absolute atomic E-state index is 12.9. The number of nitrogens with zero attached hydrogens (tertiary/aromatic N) is 2. The van der Waals surface area contributed by atoms with Gasteiger partial charge < -0.3 is 4.74 Å². The summed E-state index contributed by atoms with van der Waals surface area (Å²) < 4.78 is 18.3. The standard InChI is InChI=1S/C17H17FN2O2/c1-17(2)9-10-20(16(21)22-17)15-8-5-13(11-19-15)12-3-6-14(18)7-4-12/h3-8,11H,9-10H2,1-2H3. The fourth-order valence-electron chi connectivity index (χ4n) is 2.38. The van der Waals surface area contributed by atoms with Crippen molar-refractivity contribution in [3.63, 3.8) is 0 Å². The Bertz CT molecular complexity index is 681. The fraction of sp³-hybridized carbons (Fsp3) is 0.294. The van der Waals surface area contributed by atoms with Crippen LogP contribution in [0.3, 0.4) is 0 Å². The maximum Gasteiger partial charge on any atom is 0.416 e. The molecule has 0 spiro atoms. The number of carbonyl (C=O) groups excluding carboxylic acids is 1. The van der Waals surface area contributed by atoms with Crippen LogP contribution < -0.4 is 4.90 Å². The molecule has 0 N–H and O–H groups in total. The summed E-state index contributed by atoms with van der Waals surface area (Å²) >= 11 is 0. The van der Waals surface area contributed by atoms with Gasteiger partial charge in [-0.3, -0.25) is 4.90 Å². The van der Waals surface area contributed by atoms with E-state index in [-0.39, 0.29) is 11.9 Å². The molecule has 1 fully saturated rings. The van der Waals surface area contributed by atoms with E-state index in [9.17, 15) is 9.18 Å². The molecule has 1 aliphatic heterocycles. The number of ether oxygens (including phenoxy) is 1. The number of amides is 1. The van der Waals surface area contributed by atoms with E-state index < -0.39 is 5.60 Å². The topological polar surface area (TPSA) is 42.4 Å². The van der Waals surface area contributed by atoms with Crippen LogP contribution in [0.25, 0.3) is 11.1 Å². The molecular weight excluding hydrogens is 283 g/mol. The lowest BCUT2D eigenvalue weighted by atomic mass is 10.0. The van der Waals surface area contributed by atoms with Gasteiger partial charge in [0.25, 0.3) is 0 Å². The first-order chi connectivity index (χ1) is 10.4. The third-order valence-electron chi connectivity index (χ3n) is 3.72. The minimum atomic E-state index is -0.429. The average Bonchev–Trinajstić information content (AvgIpc) is 2.48. The van der Waals surface area contributed by atoms with Crippen molar-refractivity contribution in [1.29, 1.82) is 0 Å². The molecule has 2 heterocycles. The van der Waals surface area contributed by atoms with Gasteiger partial charge in [0.05, 0.1) is 0 Å². The molecule has 4 nitrogen and oxygen atoms in total. The van der Waals surface area contributed by atoms with Gasteiger partial charge in [0.1, 0.15) is 17.2 Å². The SMILES string of the molecule is CC1(C)CCN(c2ccc(-c3ccc(F)cc3)cn2)C(=O)O1. The van der Waals surface area contributed by atoms with Crippen LogP contribution in [0, 0.1) is 5.82 Å². The van der Waals surface area contributed by atoms with E-state index in [1.807, 2.05) is 19.9 Å². The zero-order valence-corrected chi connectivity index (χ0v) is 12.5. The predicted octanol–water partition coefficient (Wildman–Crippen LogP) is 4.01. The van der Waals surface area contributed by atoms with Gasteiger partial charge in [0.2, 0.25) is 0 Å². The second-order valence-electron chi connectivity index (χ2n) is 5.94. The number of rotatable bonds is 2. The highest BCUT2D eigenvalue weighted by Crippen LogP contribution is 2.27. The summed E-state index contributed by atoms with van der Waals surface area (Å²) in [7, 11) is 0. The van der Waals surface area contributed by atoms with E-state index in [1.165, 1.54) is 17.0 Å². The lowest BCUT2D eigenvalue weighted by Crippen LogP contribution is -2.46. The first-order valence-electron chi connectivity index (χ1n) is 7.17. The number of benzene rings is 1. The Balaban J connectivity index is 1.80. The lowest BCUT2D eigenvalue weighted by Gasteiger charge is -2.35. The Kier molecular flexibility index (Phi) is 3.56. The molecule has 1 aromatic carbocycles. The number of cyclic esters (lactones) is 1. The molecular formula is C17H17FN2O2. The van der Waals surface area contributed by atoms with E-state index in [0.717, 1.165) is 17.5 Å². The van der Waals surface area contributed by atoms with Crippen LogP contribution in [-0.2, 0) is 4.74 Å². The molecule has 22 heavy (non-hydrogen) atoms. The lowest BCUT2D eigenvalue weighted by molar-refractivity contribution is 0.0234. The number of carbonyl (C=O) groups is 1. The summed E-state index contributed by atoms with van der Waals surface area (Å²) in [5, 5.41) is 0. The number of pyridine rings is 1. The second kappa shape index (κ2) is 5.40. The van der Waals surface area contributed by atoms with Crippen LogP contribution in [0.4, 0.5) is 15.0 Å². The first kappa shape index (κ1) is 14.5. The molecule has 3 rings (SSSR count). The molecule has 114 valence electrons. The maximum atomic E-state index is 12.9. The van der Waals surface area contributed by atoms with Gasteiger partial charge in [0.15, 0.2) is 0 Å². The highest BCUT2D eigenvalue weighted by atomic mass is 19.1. The second-order valence-corrected chi connectivity index (χ2v) is 5.94. The number of hydrogen-bond acceptors (Lipinski definition) is 3. The van der Waals surface area contributed by atoms with Crippen molar-refractivity contribution >= 4 is 11.9 Å². The van der Waals surface area contributed by atoms with Crippen molar-refractivity contribution < 1.29 is 13.9 Å². The Labute approximate surface area is 128 Å². The Morgan fingerprint density at radius 1 is 1.14 bits per heavy atom. The molecule has 1 aromatic heterocycles. The van der Waals surface area contributed by atoms with Crippen LogP contribution in [0.5, 0.6) is 0 Å².